The molecule has 0 atom stereocenters. The molecule has 11 nitrogen and oxygen atoms in total. The van der Waals surface area contributed by atoms with Gasteiger partial charge in [-0.1, -0.05) is 133 Å². The number of aromatic hydroxyl groups is 2. The zero-order valence-electron chi connectivity index (χ0n) is 31.1. The number of hydrogen-bond acceptors (Lipinski definition) is 10. The molecular weight excluding hydrogens is 711 g/mol. The van der Waals surface area contributed by atoms with E-state index in [1.165, 1.54) is 0 Å². The Morgan fingerprint density at radius 2 is 1.17 bits per heavy atom. The maximum Gasteiger partial charge on any atom is 1.00 e. The molecular formula is C40H51NaO11S. The minimum absolute atomic E-state index is 0. The Morgan fingerprint density at radius 1 is 0.736 bits per heavy atom. The van der Waals surface area contributed by atoms with Gasteiger partial charge in [-0.3, -0.25) is 9.35 Å². The van der Waals surface area contributed by atoms with Crippen LogP contribution >= 0.6 is 0 Å². The first-order chi connectivity index (χ1) is 24.8. The number of carbonyl (C=O) groups excluding carboxylic acids is 3. The Bertz CT molecular complexity index is 1650. The van der Waals surface area contributed by atoms with E-state index in [-0.39, 0.29) is 53.9 Å². The summed E-state index contributed by atoms with van der Waals surface area (Å²) >= 11 is 0. The van der Waals surface area contributed by atoms with Gasteiger partial charge in [-0.2, -0.15) is 8.42 Å². The van der Waals surface area contributed by atoms with Gasteiger partial charge in [0, 0.05) is 29.1 Å². The van der Waals surface area contributed by atoms with Crippen molar-refractivity contribution in [3.63, 3.8) is 0 Å². The molecule has 13 heteroatoms. The number of rotatable bonds is 20. The van der Waals surface area contributed by atoms with Crippen molar-refractivity contribution in [1.29, 1.82) is 0 Å². The Balaban J connectivity index is 0.000000362. The molecule has 1 aliphatic heterocycles. The SMILES string of the molecule is CCCCCCCCC(CCCCCCCC)(CC(=O)[O-])C(=O)OS(=O)(=O)O.O=C1OC(c2ccc(O)cc2)(c2ccc(O)cc2)c2ccccc21.[Na+]. The van der Waals surface area contributed by atoms with Crippen molar-refractivity contribution in [2.75, 3.05) is 0 Å². The summed E-state index contributed by atoms with van der Waals surface area (Å²) in [5.74, 6) is -2.74. The first-order valence-corrected chi connectivity index (χ1v) is 19.5. The Kier molecular flexibility index (Phi) is 19.1. The van der Waals surface area contributed by atoms with Crippen molar-refractivity contribution in [3.05, 3.63) is 95.1 Å². The first kappa shape index (κ1) is 45.7. The molecule has 0 bridgehead atoms. The van der Waals surface area contributed by atoms with Gasteiger partial charge in [-0.25, -0.2) is 4.79 Å². The summed E-state index contributed by atoms with van der Waals surface area (Å²) in [7, 11) is -4.99. The fourth-order valence-electron chi connectivity index (χ4n) is 6.73. The van der Waals surface area contributed by atoms with Crippen molar-refractivity contribution >= 4 is 28.3 Å². The number of ether oxygens (including phenoxy) is 1. The predicted molar refractivity (Wildman–Crippen MR) is 194 cm³/mol. The van der Waals surface area contributed by atoms with Gasteiger partial charge in [0.25, 0.3) is 0 Å². The minimum Gasteiger partial charge on any atom is -0.550 e. The van der Waals surface area contributed by atoms with E-state index < -0.39 is 45.7 Å². The van der Waals surface area contributed by atoms with Gasteiger partial charge >= 0.3 is 51.9 Å². The summed E-state index contributed by atoms with van der Waals surface area (Å²) in [5, 5.41) is 30.5. The summed E-state index contributed by atoms with van der Waals surface area (Å²) in [6, 6.07) is 20.4. The van der Waals surface area contributed by atoms with E-state index in [1.807, 2.05) is 12.1 Å². The van der Waals surface area contributed by atoms with Crippen molar-refractivity contribution in [2.24, 2.45) is 5.41 Å². The number of cyclic esters (lactones) is 1. The molecule has 1 aliphatic rings. The Morgan fingerprint density at radius 3 is 1.60 bits per heavy atom. The third kappa shape index (κ3) is 13.4. The third-order valence-corrected chi connectivity index (χ3v) is 9.80. The van der Waals surface area contributed by atoms with Crippen LogP contribution in [0.1, 0.15) is 137 Å². The van der Waals surface area contributed by atoms with Crippen LogP contribution in [0.2, 0.25) is 0 Å². The molecule has 0 aliphatic carbocycles. The Labute approximate surface area is 335 Å². The fourth-order valence-corrected chi connectivity index (χ4v) is 7.10. The van der Waals surface area contributed by atoms with Crippen LogP contribution in [0.5, 0.6) is 11.5 Å². The zero-order valence-corrected chi connectivity index (χ0v) is 33.9. The molecule has 0 saturated heterocycles. The second-order valence-electron chi connectivity index (χ2n) is 13.4. The van der Waals surface area contributed by atoms with Crippen LogP contribution in [0.25, 0.3) is 0 Å². The van der Waals surface area contributed by atoms with E-state index in [0.717, 1.165) is 80.9 Å². The van der Waals surface area contributed by atoms with E-state index in [0.29, 0.717) is 18.4 Å². The summed E-state index contributed by atoms with van der Waals surface area (Å²) < 4.78 is 41.0. The number of fused-ring (bicyclic) bond motifs is 1. The maximum absolute atomic E-state index is 12.5. The summed E-state index contributed by atoms with van der Waals surface area (Å²) in [6.45, 7) is 4.22. The average molecular weight is 763 g/mol. The number of unbranched alkanes of at least 4 members (excludes halogenated alkanes) is 10. The molecule has 0 fully saturated rings. The van der Waals surface area contributed by atoms with Crippen LogP contribution in [0.15, 0.2) is 72.8 Å². The topological polar surface area (TPSA) is 188 Å². The average Bonchev–Trinajstić information content (AvgIpc) is 3.40. The van der Waals surface area contributed by atoms with Gasteiger partial charge in [0.2, 0.25) is 0 Å². The molecule has 284 valence electrons. The van der Waals surface area contributed by atoms with E-state index in [4.69, 9.17) is 9.29 Å². The summed E-state index contributed by atoms with van der Waals surface area (Å²) in [6.07, 6.45) is 11.2. The molecule has 0 amide bonds. The number of carbonyl (C=O) groups is 3. The van der Waals surface area contributed by atoms with E-state index in [9.17, 15) is 38.1 Å². The van der Waals surface area contributed by atoms with Crippen LogP contribution in [0.4, 0.5) is 0 Å². The Hall–Kier alpha value is -3.42. The van der Waals surface area contributed by atoms with E-state index in [2.05, 4.69) is 18.0 Å². The van der Waals surface area contributed by atoms with Crippen LogP contribution < -0.4 is 34.7 Å². The fraction of sp³-hybridized carbons (Fsp3) is 0.475. The molecule has 0 radical (unpaired) electrons. The maximum atomic E-state index is 12.5. The number of aliphatic carboxylic acids is 1. The van der Waals surface area contributed by atoms with Crippen LogP contribution in [-0.4, -0.2) is 41.1 Å². The molecule has 3 N–H and O–H groups in total. The third-order valence-electron chi connectivity index (χ3n) is 9.43. The number of carboxylic acids is 1. The number of benzene rings is 3. The number of phenolic OH excluding ortho intramolecular Hbond substituents is 2. The molecule has 0 spiro atoms. The molecule has 0 saturated carbocycles. The van der Waals surface area contributed by atoms with Crippen LogP contribution in [-0.2, 0) is 34.5 Å². The van der Waals surface area contributed by atoms with Crippen LogP contribution in [0, 0.1) is 5.41 Å². The van der Waals surface area contributed by atoms with Crippen LogP contribution in [0.3, 0.4) is 0 Å². The predicted octanol–water partition coefficient (Wildman–Crippen LogP) is 4.52. The molecule has 3 aromatic carbocycles. The molecule has 53 heavy (non-hydrogen) atoms. The van der Waals surface area contributed by atoms with E-state index in [1.54, 1.807) is 60.7 Å². The van der Waals surface area contributed by atoms with Crippen molar-refractivity contribution in [3.8, 4) is 11.5 Å². The van der Waals surface area contributed by atoms with Crippen molar-refractivity contribution in [1.82, 2.24) is 0 Å². The molecule has 0 aromatic heterocycles. The van der Waals surface area contributed by atoms with Gasteiger partial charge in [0.15, 0.2) is 5.60 Å². The monoisotopic (exact) mass is 762 g/mol. The minimum atomic E-state index is -4.99. The number of carboxylic acid groups (broad SMARTS) is 1. The van der Waals surface area contributed by atoms with Crippen molar-refractivity contribution in [2.45, 2.75) is 116 Å². The normalized spacial score (nSPS) is 13.2. The smallest absolute Gasteiger partial charge is 0.550 e. The van der Waals surface area contributed by atoms with Gasteiger partial charge in [-0.15, -0.1) is 0 Å². The van der Waals surface area contributed by atoms with Gasteiger partial charge in [-0.05, 0) is 43.2 Å². The second-order valence-corrected chi connectivity index (χ2v) is 14.4. The molecule has 4 rings (SSSR count). The largest absolute Gasteiger partial charge is 1.00 e. The van der Waals surface area contributed by atoms with Gasteiger partial charge < -0.3 is 29.0 Å². The van der Waals surface area contributed by atoms with Gasteiger partial charge in [0.1, 0.15) is 11.5 Å². The zero-order chi connectivity index (χ0) is 38.2. The molecule has 1 heterocycles. The first-order valence-electron chi connectivity index (χ1n) is 18.1. The second kappa shape index (κ2) is 22.1. The number of esters is 1. The van der Waals surface area contributed by atoms with Gasteiger partial charge in [0.05, 0.1) is 11.0 Å². The molecule has 0 unspecified atom stereocenters. The van der Waals surface area contributed by atoms with E-state index >= 15 is 0 Å². The van der Waals surface area contributed by atoms with Crippen molar-refractivity contribution < 1.29 is 81.2 Å². The quantitative estimate of drug-likeness (QED) is 0.0636. The number of phenols is 2. The summed E-state index contributed by atoms with van der Waals surface area (Å²) in [4.78, 5) is 36.2. The summed E-state index contributed by atoms with van der Waals surface area (Å²) in [5.41, 5.74) is 0.123. The standard InChI is InChI=1S/C20H38O7S.C20H14O4.Na/c1-3-5-7-9-11-13-15-20(17-18(21)22,19(23)27-28(24,25)26)16-14-12-10-8-6-4-2;21-15-9-5-13(6-10-15)20(14-7-11-16(22)12-8-14)18-4-2-1-3-17(18)19(23)24-20;/h3-17H2,1-2H3,(H,21,22)(H,24,25,26);1-12,21-22H;/q;;+1/p-1. The molecule has 3 aromatic rings. The number of hydrogen-bond donors (Lipinski definition) is 3.